The Kier molecular flexibility index (Phi) is 4.85. The first-order valence-electron chi connectivity index (χ1n) is 6.32. The third-order valence-corrected chi connectivity index (χ3v) is 4.32. The van der Waals surface area contributed by atoms with E-state index in [1.165, 1.54) is 12.1 Å². The van der Waals surface area contributed by atoms with Crippen LogP contribution in [-0.4, -0.2) is 14.4 Å². The second kappa shape index (κ2) is 6.48. The summed E-state index contributed by atoms with van der Waals surface area (Å²) in [6.45, 7) is 2.02. The third kappa shape index (κ3) is 4.07. The van der Waals surface area contributed by atoms with E-state index in [0.29, 0.717) is 0 Å². The molecular weight excluding hydrogens is 326 g/mol. The van der Waals surface area contributed by atoms with Gasteiger partial charge < -0.3 is 4.74 Å². The van der Waals surface area contributed by atoms with E-state index in [1.807, 2.05) is 31.2 Å². The first-order valence-corrected chi connectivity index (χ1v) is 8.25. The number of halogens is 1. The molecule has 2 rings (SSSR count). The van der Waals surface area contributed by atoms with E-state index in [4.69, 9.17) is 21.5 Å². The number of hydrogen-bond donors (Lipinski definition) is 1. The molecule has 0 aromatic heterocycles. The topological polar surface area (TPSA) is 86.5 Å². The molecule has 0 saturated heterocycles. The van der Waals surface area contributed by atoms with Gasteiger partial charge in [-0.15, -0.1) is 0 Å². The monoisotopic (exact) mass is 339 g/mol. The quantitative estimate of drug-likeness (QED) is 0.867. The summed E-state index contributed by atoms with van der Waals surface area (Å²) in [5.41, 5.74) is 1.96. The number of nitrogens with two attached hydrogens (primary N) is 1. The normalized spacial score (nSPS) is 11.2. The maximum absolute atomic E-state index is 12.0. The number of ether oxygens (including phenoxy) is 1. The van der Waals surface area contributed by atoms with Crippen molar-refractivity contribution < 1.29 is 17.9 Å². The van der Waals surface area contributed by atoms with Gasteiger partial charge in [0.2, 0.25) is 10.0 Å². The first-order chi connectivity index (χ1) is 10.3. The summed E-state index contributed by atoms with van der Waals surface area (Å²) < 4.78 is 27.9. The molecule has 5 nitrogen and oxygen atoms in total. The Hall–Kier alpha value is -1.89. The van der Waals surface area contributed by atoms with E-state index >= 15 is 0 Å². The van der Waals surface area contributed by atoms with E-state index in [0.717, 1.165) is 17.2 Å². The van der Waals surface area contributed by atoms with Crippen LogP contribution in [0.3, 0.4) is 0 Å². The van der Waals surface area contributed by atoms with Crippen molar-refractivity contribution in [3.8, 4) is 0 Å². The lowest BCUT2D eigenvalue weighted by Crippen LogP contribution is -2.14. The minimum atomic E-state index is -4.00. The number of esters is 1. The van der Waals surface area contributed by atoms with E-state index in [9.17, 15) is 13.2 Å². The third-order valence-electron chi connectivity index (χ3n) is 2.93. The van der Waals surface area contributed by atoms with Crippen molar-refractivity contribution >= 4 is 27.6 Å². The molecule has 2 N–H and O–H groups in total. The molecule has 7 heteroatoms. The number of aryl methyl sites for hydroxylation is 1. The summed E-state index contributed by atoms with van der Waals surface area (Å²) in [4.78, 5) is 11.7. The molecule has 0 radical (unpaired) electrons. The van der Waals surface area contributed by atoms with Gasteiger partial charge in [-0.1, -0.05) is 41.4 Å². The molecular formula is C15H14ClNO4S. The Balaban J connectivity index is 2.17. The molecule has 2 aromatic rings. The molecule has 0 aliphatic heterocycles. The van der Waals surface area contributed by atoms with Gasteiger partial charge in [-0.25, -0.2) is 18.4 Å². The maximum atomic E-state index is 12.0. The van der Waals surface area contributed by atoms with Crippen LogP contribution in [0.1, 0.15) is 21.5 Å². The molecule has 0 unspecified atom stereocenters. The second-order valence-electron chi connectivity index (χ2n) is 4.76. The number of benzene rings is 2. The number of carbonyl (C=O) groups is 1. The highest BCUT2D eigenvalue weighted by Crippen LogP contribution is 2.22. The zero-order chi connectivity index (χ0) is 16.3. The van der Waals surface area contributed by atoms with Crippen LogP contribution in [0.2, 0.25) is 5.02 Å². The van der Waals surface area contributed by atoms with Gasteiger partial charge in [-0.05, 0) is 30.7 Å². The molecule has 0 bridgehead atoms. The molecule has 0 aliphatic rings. The molecule has 0 saturated carbocycles. The van der Waals surface area contributed by atoms with Crippen LogP contribution in [-0.2, 0) is 21.4 Å². The molecule has 0 fully saturated rings. The average molecular weight is 340 g/mol. The van der Waals surface area contributed by atoms with Crippen molar-refractivity contribution in [3.05, 3.63) is 64.2 Å². The molecule has 0 aliphatic carbocycles. The fourth-order valence-electron chi connectivity index (χ4n) is 1.88. The number of hydrogen-bond acceptors (Lipinski definition) is 4. The SMILES string of the molecule is Cc1cccc(COC(=O)c2ccc(Cl)c(S(N)(=O)=O)c2)c1. The van der Waals surface area contributed by atoms with Gasteiger partial charge in [-0.2, -0.15) is 0 Å². The highest BCUT2D eigenvalue weighted by Gasteiger charge is 2.17. The van der Waals surface area contributed by atoms with Crippen molar-refractivity contribution in [2.45, 2.75) is 18.4 Å². The predicted molar refractivity (Wildman–Crippen MR) is 83.1 cm³/mol. The fraction of sp³-hybridized carbons (Fsp3) is 0.133. The van der Waals surface area contributed by atoms with Gasteiger partial charge >= 0.3 is 5.97 Å². The Morgan fingerprint density at radius 2 is 1.95 bits per heavy atom. The Morgan fingerprint density at radius 1 is 1.23 bits per heavy atom. The Bertz CT molecular complexity index is 818. The zero-order valence-corrected chi connectivity index (χ0v) is 13.3. The highest BCUT2D eigenvalue weighted by molar-refractivity contribution is 7.89. The van der Waals surface area contributed by atoms with Crippen molar-refractivity contribution in [1.29, 1.82) is 0 Å². The molecule has 0 spiro atoms. The van der Waals surface area contributed by atoms with Crippen molar-refractivity contribution in [3.63, 3.8) is 0 Å². The van der Waals surface area contributed by atoms with Crippen LogP contribution < -0.4 is 5.14 Å². The lowest BCUT2D eigenvalue weighted by Gasteiger charge is -2.07. The van der Waals surface area contributed by atoms with Gasteiger partial charge in [-0.3, -0.25) is 0 Å². The second-order valence-corrected chi connectivity index (χ2v) is 6.69. The van der Waals surface area contributed by atoms with Crippen LogP contribution in [0.15, 0.2) is 47.4 Å². The van der Waals surface area contributed by atoms with Gasteiger partial charge in [0.25, 0.3) is 0 Å². The molecule has 2 aromatic carbocycles. The van der Waals surface area contributed by atoms with Crippen LogP contribution in [0, 0.1) is 6.92 Å². The fourth-order valence-corrected chi connectivity index (χ4v) is 2.95. The maximum Gasteiger partial charge on any atom is 0.338 e. The Morgan fingerprint density at radius 3 is 2.59 bits per heavy atom. The lowest BCUT2D eigenvalue weighted by atomic mass is 10.1. The van der Waals surface area contributed by atoms with Crippen LogP contribution >= 0.6 is 11.6 Å². The summed E-state index contributed by atoms with van der Waals surface area (Å²) in [6.07, 6.45) is 0. The highest BCUT2D eigenvalue weighted by atomic mass is 35.5. The zero-order valence-electron chi connectivity index (χ0n) is 11.7. The summed E-state index contributed by atoms with van der Waals surface area (Å²) in [7, 11) is -4.00. The van der Waals surface area contributed by atoms with Gasteiger partial charge in [0, 0.05) is 0 Å². The largest absolute Gasteiger partial charge is 0.457 e. The standard InChI is InChI=1S/C15H14ClNO4S/c1-10-3-2-4-11(7-10)9-21-15(18)12-5-6-13(16)14(8-12)22(17,19)20/h2-8H,9H2,1H3,(H2,17,19,20). The number of sulfonamides is 1. The van der Waals surface area contributed by atoms with Crippen molar-refractivity contribution in [2.24, 2.45) is 5.14 Å². The van der Waals surface area contributed by atoms with E-state index < -0.39 is 16.0 Å². The summed E-state index contributed by atoms with van der Waals surface area (Å²) in [5, 5.41) is 5.00. The van der Waals surface area contributed by atoms with Gasteiger partial charge in [0.15, 0.2) is 0 Å². The average Bonchev–Trinajstić information content (AvgIpc) is 2.44. The lowest BCUT2D eigenvalue weighted by molar-refractivity contribution is 0.0472. The van der Waals surface area contributed by atoms with Crippen LogP contribution in [0.25, 0.3) is 0 Å². The summed E-state index contributed by atoms with van der Waals surface area (Å²) in [5.74, 6) is -0.650. The molecule has 0 heterocycles. The smallest absolute Gasteiger partial charge is 0.338 e. The molecule has 0 amide bonds. The van der Waals surface area contributed by atoms with Crippen LogP contribution in [0.4, 0.5) is 0 Å². The van der Waals surface area contributed by atoms with E-state index in [2.05, 4.69) is 0 Å². The number of primary sulfonamides is 1. The van der Waals surface area contributed by atoms with Gasteiger partial charge in [0.05, 0.1) is 10.6 Å². The summed E-state index contributed by atoms with van der Waals surface area (Å²) >= 11 is 5.76. The number of carbonyl (C=O) groups excluding carboxylic acids is 1. The van der Waals surface area contributed by atoms with Crippen LogP contribution in [0.5, 0.6) is 0 Å². The predicted octanol–water partition coefficient (Wildman–Crippen LogP) is 2.65. The molecule has 22 heavy (non-hydrogen) atoms. The number of rotatable bonds is 4. The minimum Gasteiger partial charge on any atom is -0.457 e. The minimum absolute atomic E-state index is 0.0438. The Labute approximate surface area is 133 Å². The summed E-state index contributed by atoms with van der Waals surface area (Å²) in [6, 6.07) is 11.3. The molecule has 116 valence electrons. The van der Waals surface area contributed by atoms with Crippen molar-refractivity contribution in [1.82, 2.24) is 0 Å². The van der Waals surface area contributed by atoms with E-state index in [-0.39, 0.29) is 22.1 Å². The van der Waals surface area contributed by atoms with E-state index in [1.54, 1.807) is 0 Å². The van der Waals surface area contributed by atoms with Crippen molar-refractivity contribution in [2.75, 3.05) is 0 Å². The van der Waals surface area contributed by atoms with Gasteiger partial charge in [0.1, 0.15) is 11.5 Å². The molecule has 0 atom stereocenters. The first kappa shape index (κ1) is 16.5.